The second-order valence-electron chi connectivity index (χ2n) is 9.24. The Hall–Kier alpha value is -2.28. The van der Waals surface area contributed by atoms with E-state index in [1.54, 1.807) is 6.07 Å². The molecule has 2 aliphatic heterocycles. The van der Waals surface area contributed by atoms with Gasteiger partial charge in [-0.05, 0) is 56.6 Å². The molecule has 0 radical (unpaired) electrons. The maximum Gasteiger partial charge on any atom is 0.227 e. The van der Waals surface area contributed by atoms with Crippen LogP contribution in [-0.2, 0) is 17.9 Å². The van der Waals surface area contributed by atoms with Gasteiger partial charge in [0.2, 0.25) is 5.91 Å². The number of anilines is 1. The summed E-state index contributed by atoms with van der Waals surface area (Å²) in [5.74, 6) is 1.42. The molecule has 2 aromatic carbocycles. The summed E-state index contributed by atoms with van der Waals surface area (Å²) >= 11 is 12.6. The summed E-state index contributed by atoms with van der Waals surface area (Å²) in [5.41, 5.74) is 3.17. The molecule has 6 nitrogen and oxygen atoms in total. The third-order valence-corrected chi connectivity index (χ3v) is 7.66. The molecule has 0 aliphatic carbocycles. The van der Waals surface area contributed by atoms with Crippen LogP contribution in [0.2, 0.25) is 10.0 Å². The quantitative estimate of drug-likeness (QED) is 0.499. The second-order valence-corrected chi connectivity index (χ2v) is 10.1. The van der Waals surface area contributed by atoms with Crippen LogP contribution in [0.15, 0.2) is 42.5 Å². The van der Waals surface area contributed by atoms with E-state index in [9.17, 15) is 4.79 Å². The van der Waals surface area contributed by atoms with Crippen LogP contribution >= 0.6 is 23.2 Å². The first-order chi connectivity index (χ1) is 16.5. The van der Waals surface area contributed by atoms with E-state index >= 15 is 0 Å². The Morgan fingerprint density at radius 1 is 1.06 bits per heavy atom. The fourth-order valence-electron chi connectivity index (χ4n) is 5.35. The van der Waals surface area contributed by atoms with Gasteiger partial charge in [0.05, 0.1) is 34.2 Å². The number of benzene rings is 2. The number of para-hydroxylation sites is 2. The molecule has 3 heterocycles. The summed E-state index contributed by atoms with van der Waals surface area (Å²) in [6.07, 6.45) is 2.00. The van der Waals surface area contributed by atoms with Gasteiger partial charge in [0.15, 0.2) is 0 Å². The van der Waals surface area contributed by atoms with Crippen molar-refractivity contribution in [2.75, 3.05) is 44.2 Å². The first kappa shape index (κ1) is 23.5. The van der Waals surface area contributed by atoms with Gasteiger partial charge in [-0.3, -0.25) is 9.69 Å². The van der Waals surface area contributed by atoms with Gasteiger partial charge in [-0.15, -0.1) is 0 Å². The molecule has 2 aliphatic rings. The van der Waals surface area contributed by atoms with Crippen LogP contribution in [0.3, 0.4) is 0 Å². The maximum atomic E-state index is 13.4. The lowest BCUT2D eigenvalue weighted by Crippen LogP contribution is -2.52. The summed E-state index contributed by atoms with van der Waals surface area (Å²) in [6, 6.07) is 13.9. The first-order valence-electron chi connectivity index (χ1n) is 12.2. The highest BCUT2D eigenvalue weighted by atomic mass is 35.5. The number of aromatic nitrogens is 2. The number of imidazole rings is 1. The highest BCUT2D eigenvalue weighted by Crippen LogP contribution is 2.30. The molecule has 2 fully saturated rings. The van der Waals surface area contributed by atoms with Crippen LogP contribution in [0.5, 0.6) is 0 Å². The van der Waals surface area contributed by atoms with E-state index in [0.29, 0.717) is 23.1 Å². The van der Waals surface area contributed by atoms with Gasteiger partial charge >= 0.3 is 0 Å². The average Bonchev–Trinajstić information content (AvgIpc) is 3.22. The Labute approximate surface area is 211 Å². The molecular formula is C26H31Cl2N5O. The standard InChI is InChI=1S/C26H31Cl2N5O/c1-2-33-23-8-4-3-7-22(23)29-25(33)18-30-11-5-6-19(17-30)26(34)32-14-12-31(13-15-32)24-16-20(27)9-10-21(24)28/h3-4,7-10,16,19H,2,5-6,11-15,17-18H2,1H3/t19-/m0/s1. The van der Waals surface area contributed by atoms with Crippen molar-refractivity contribution in [2.45, 2.75) is 32.9 Å². The molecular weight excluding hydrogens is 469 g/mol. The van der Waals surface area contributed by atoms with Crippen molar-refractivity contribution in [2.24, 2.45) is 5.92 Å². The number of piperazine rings is 1. The minimum absolute atomic E-state index is 0.0505. The number of hydrogen-bond donors (Lipinski definition) is 0. The molecule has 1 amide bonds. The summed E-state index contributed by atoms with van der Waals surface area (Å²) in [6.45, 7) is 8.61. The van der Waals surface area contributed by atoms with E-state index in [-0.39, 0.29) is 11.8 Å². The van der Waals surface area contributed by atoms with Crippen molar-refractivity contribution in [3.05, 3.63) is 58.3 Å². The number of rotatable bonds is 5. The Morgan fingerprint density at radius 2 is 1.85 bits per heavy atom. The SMILES string of the molecule is CCn1c(CN2CCC[C@H](C(=O)N3CCN(c4cc(Cl)ccc4Cl)CC3)C2)nc2ccccc21. The third-order valence-electron chi connectivity index (χ3n) is 7.11. The number of halogens is 2. The number of aryl methyl sites for hydroxylation is 1. The Bertz CT molecular complexity index is 1170. The fourth-order valence-corrected chi connectivity index (χ4v) is 5.76. The number of nitrogens with zero attached hydrogens (tertiary/aromatic N) is 5. The van der Waals surface area contributed by atoms with E-state index in [2.05, 4.69) is 39.5 Å². The molecule has 0 unspecified atom stereocenters. The second kappa shape index (κ2) is 10.1. The number of hydrogen-bond acceptors (Lipinski definition) is 4. The lowest BCUT2D eigenvalue weighted by Gasteiger charge is -2.40. The first-order valence-corrected chi connectivity index (χ1v) is 12.9. The highest BCUT2D eigenvalue weighted by molar-refractivity contribution is 6.35. The van der Waals surface area contributed by atoms with Crippen molar-refractivity contribution in [3.63, 3.8) is 0 Å². The third kappa shape index (κ3) is 4.77. The van der Waals surface area contributed by atoms with Crippen molar-refractivity contribution in [1.82, 2.24) is 19.4 Å². The van der Waals surface area contributed by atoms with E-state index in [4.69, 9.17) is 28.2 Å². The average molecular weight is 500 g/mol. The van der Waals surface area contributed by atoms with E-state index in [0.717, 1.165) is 69.1 Å². The summed E-state index contributed by atoms with van der Waals surface area (Å²) < 4.78 is 2.29. The van der Waals surface area contributed by atoms with Crippen LogP contribution in [0.25, 0.3) is 11.0 Å². The van der Waals surface area contributed by atoms with Gasteiger partial charge in [0.1, 0.15) is 5.82 Å². The molecule has 0 N–H and O–H groups in total. The maximum absolute atomic E-state index is 13.4. The minimum Gasteiger partial charge on any atom is -0.367 e. The molecule has 0 saturated carbocycles. The summed E-state index contributed by atoms with van der Waals surface area (Å²) in [7, 11) is 0. The smallest absolute Gasteiger partial charge is 0.227 e. The molecule has 5 rings (SSSR count). The minimum atomic E-state index is 0.0505. The van der Waals surface area contributed by atoms with Gasteiger partial charge < -0.3 is 14.4 Å². The van der Waals surface area contributed by atoms with Gasteiger partial charge in [0.25, 0.3) is 0 Å². The number of fused-ring (bicyclic) bond motifs is 1. The zero-order valence-electron chi connectivity index (χ0n) is 19.6. The van der Waals surface area contributed by atoms with Crippen LogP contribution in [0.1, 0.15) is 25.6 Å². The molecule has 34 heavy (non-hydrogen) atoms. The number of carbonyl (C=O) groups is 1. The van der Waals surface area contributed by atoms with Gasteiger partial charge in [-0.2, -0.15) is 0 Å². The van der Waals surface area contributed by atoms with Gasteiger partial charge in [-0.1, -0.05) is 35.3 Å². The van der Waals surface area contributed by atoms with Crippen molar-refractivity contribution in [1.29, 1.82) is 0 Å². The van der Waals surface area contributed by atoms with Crippen LogP contribution in [0.4, 0.5) is 5.69 Å². The molecule has 1 aromatic heterocycles. The molecule has 180 valence electrons. The normalized spacial score (nSPS) is 19.7. The number of amides is 1. The largest absolute Gasteiger partial charge is 0.367 e. The monoisotopic (exact) mass is 499 g/mol. The van der Waals surface area contributed by atoms with E-state index in [1.165, 1.54) is 5.52 Å². The topological polar surface area (TPSA) is 44.6 Å². The van der Waals surface area contributed by atoms with Crippen molar-refractivity contribution in [3.8, 4) is 0 Å². The molecule has 2 saturated heterocycles. The van der Waals surface area contributed by atoms with Crippen molar-refractivity contribution >= 4 is 45.8 Å². The molecule has 1 atom stereocenters. The Kier molecular flexibility index (Phi) is 7.00. The number of carbonyl (C=O) groups excluding carboxylic acids is 1. The van der Waals surface area contributed by atoms with Gasteiger partial charge in [0, 0.05) is 44.3 Å². The predicted octanol–water partition coefficient (Wildman–Crippen LogP) is 4.92. The predicted molar refractivity (Wildman–Crippen MR) is 139 cm³/mol. The zero-order valence-corrected chi connectivity index (χ0v) is 21.1. The van der Waals surface area contributed by atoms with Crippen LogP contribution < -0.4 is 4.90 Å². The van der Waals surface area contributed by atoms with Gasteiger partial charge in [-0.25, -0.2) is 4.98 Å². The van der Waals surface area contributed by atoms with Crippen LogP contribution in [0, 0.1) is 5.92 Å². The number of piperidine rings is 1. The Balaban J connectivity index is 1.21. The number of likely N-dealkylation sites (tertiary alicyclic amines) is 1. The fraction of sp³-hybridized carbons (Fsp3) is 0.462. The Morgan fingerprint density at radius 3 is 2.65 bits per heavy atom. The molecule has 8 heteroatoms. The van der Waals surface area contributed by atoms with E-state index in [1.807, 2.05) is 23.1 Å². The molecule has 0 bridgehead atoms. The van der Waals surface area contributed by atoms with E-state index < -0.39 is 0 Å². The van der Waals surface area contributed by atoms with Crippen molar-refractivity contribution < 1.29 is 4.79 Å². The lowest BCUT2D eigenvalue weighted by molar-refractivity contribution is -0.137. The van der Waals surface area contributed by atoms with Crippen LogP contribution in [-0.4, -0.2) is 64.5 Å². The zero-order chi connectivity index (χ0) is 23.7. The highest BCUT2D eigenvalue weighted by Gasteiger charge is 2.32. The summed E-state index contributed by atoms with van der Waals surface area (Å²) in [5, 5.41) is 1.38. The lowest BCUT2D eigenvalue weighted by atomic mass is 9.96. The molecule has 0 spiro atoms. The summed E-state index contributed by atoms with van der Waals surface area (Å²) in [4.78, 5) is 24.9. The molecule has 3 aromatic rings.